The summed E-state index contributed by atoms with van der Waals surface area (Å²) in [6.07, 6.45) is 1.46. The van der Waals surface area contributed by atoms with Gasteiger partial charge in [-0.25, -0.2) is 0 Å². The number of hydrogen-bond acceptors (Lipinski definition) is 4. The average molecular weight is 308 g/mol. The molecule has 1 amide bonds. The van der Waals surface area contributed by atoms with E-state index in [-0.39, 0.29) is 31.0 Å². The van der Waals surface area contributed by atoms with Crippen LogP contribution in [0.5, 0.6) is 0 Å². The van der Waals surface area contributed by atoms with Crippen molar-refractivity contribution in [3.63, 3.8) is 0 Å². The van der Waals surface area contributed by atoms with E-state index in [0.29, 0.717) is 18.4 Å². The normalized spacial score (nSPS) is 25.0. The molecule has 0 aliphatic carbocycles. The smallest absolute Gasteiger partial charge is 0.312 e. The quantitative estimate of drug-likeness (QED) is 0.748. The van der Waals surface area contributed by atoms with E-state index in [9.17, 15) is 24.6 Å². The largest absolute Gasteiger partial charge is 0.481 e. The Balaban J connectivity index is 2.15. The van der Waals surface area contributed by atoms with Crippen LogP contribution in [0.1, 0.15) is 36.5 Å². The van der Waals surface area contributed by atoms with Crippen LogP contribution < -0.4 is 5.56 Å². The minimum absolute atomic E-state index is 0.0236. The molecule has 1 aromatic heterocycles. The number of aliphatic carboxylic acids is 1. The molecular formula is C15H20N2O5. The summed E-state index contributed by atoms with van der Waals surface area (Å²) in [5.74, 6) is -1.34. The number of amides is 1. The van der Waals surface area contributed by atoms with E-state index in [4.69, 9.17) is 0 Å². The Labute approximate surface area is 127 Å². The van der Waals surface area contributed by atoms with Gasteiger partial charge in [-0.1, -0.05) is 13.3 Å². The molecule has 7 heteroatoms. The summed E-state index contributed by atoms with van der Waals surface area (Å²) < 4.78 is 0. The maximum atomic E-state index is 12.3. The van der Waals surface area contributed by atoms with Gasteiger partial charge in [0.1, 0.15) is 0 Å². The number of nitrogens with zero attached hydrogens (tertiary/aromatic N) is 1. The molecule has 2 rings (SSSR count). The van der Waals surface area contributed by atoms with Gasteiger partial charge in [0.05, 0.1) is 17.1 Å². The minimum atomic E-state index is -1.18. The van der Waals surface area contributed by atoms with Crippen LogP contribution in [-0.4, -0.2) is 51.2 Å². The van der Waals surface area contributed by atoms with Gasteiger partial charge in [-0.2, -0.15) is 0 Å². The number of carbonyl (C=O) groups excluding carboxylic acids is 1. The highest BCUT2D eigenvalue weighted by atomic mass is 16.4. The Morgan fingerprint density at radius 2 is 2.18 bits per heavy atom. The first kappa shape index (κ1) is 16.2. The van der Waals surface area contributed by atoms with Crippen LogP contribution in [0.4, 0.5) is 0 Å². The zero-order valence-electron chi connectivity index (χ0n) is 12.4. The van der Waals surface area contributed by atoms with Crippen molar-refractivity contribution in [2.24, 2.45) is 5.41 Å². The van der Waals surface area contributed by atoms with Gasteiger partial charge in [0, 0.05) is 25.4 Å². The van der Waals surface area contributed by atoms with Gasteiger partial charge >= 0.3 is 5.97 Å². The number of likely N-dealkylation sites (tertiary alicyclic amines) is 1. The molecule has 7 nitrogen and oxygen atoms in total. The van der Waals surface area contributed by atoms with Crippen LogP contribution in [-0.2, 0) is 4.79 Å². The van der Waals surface area contributed by atoms with E-state index >= 15 is 0 Å². The van der Waals surface area contributed by atoms with Gasteiger partial charge < -0.3 is 20.1 Å². The molecule has 2 atom stereocenters. The number of aliphatic hydroxyl groups is 1. The van der Waals surface area contributed by atoms with E-state index in [0.717, 1.165) is 0 Å². The number of aromatic nitrogens is 1. The Morgan fingerprint density at radius 3 is 2.68 bits per heavy atom. The highest BCUT2D eigenvalue weighted by molar-refractivity contribution is 5.94. The predicted molar refractivity (Wildman–Crippen MR) is 78.6 cm³/mol. The SMILES string of the molecule is CCC[C@]1(C(=O)O)CCN(C(=O)c2ccc(=O)[nH]c2)C[C@H]1O. The topological polar surface area (TPSA) is 111 Å². The number of hydrogen-bond donors (Lipinski definition) is 3. The van der Waals surface area contributed by atoms with Crippen LogP contribution in [0.15, 0.2) is 23.1 Å². The van der Waals surface area contributed by atoms with E-state index < -0.39 is 17.5 Å². The van der Waals surface area contributed by atoms with Crippen molar-refractivity contribution >= 4 is 11.9 Å². The highest BCUT2D eigenvalue weighted by Crippen LogP contribution is 2.37. The second kappa shape index (κ2) is 6.31. The molecule has 1 fully saturated rings. The highest BCUT2D eigenvalue weighted by Gasteiger charge is 2.48. The van der Waals surface area contributed by atoms with Crippen LogP contribution in [0, 0.1) is 5.41 Å². The van der Waals surface area contributed by atoms with Crippen LogP contribution in [0.25, 0.3) is 0 Å². The lowest BCUT2D eigenvalue weighted by Gasteiger charge is -2.42. The first-order valence-electron chi connectivity index (χ1n) is 7.30. The third kappa shape index (κ3) is 2.89. The Kier molecular flexibility index (Phi) is 4.65. The second-order valence-electron chi connectivity index (χ2n) is 5.67. The standard InChI is InChI=1S/C15H20N2O5/c1-2-5-15(14(21)22)6-7-17(9-11(15)18)13(20)10-3-4-12(19)16-8-10/h3-4,8,11,18H,2,5-7,9H2,1H3,(H,16,19)(H,21,22)/t11-,15+/m1/s1. The molecule has 1 saturated heterocycles. The summed E-state index contributed by atoms with van der Waals surface area (Å²) in [6.45, 7) is 2.11. The van der Waals surface area contributed by atoms with E-state index in [1.165, 1.54) is 23.2 Å². The zero-order valence-corrected chi connectivity index (χ0v) is 12.4. The number of aliphatic hydroxyl groups excluding tert-OH is 1. The van der Waals surface area contributed by atoms with Crippen molar-refractivity contribution in [3.8, 4) is 0 Å². The summed E-state index contributed by atoms with van der Waals surface area (Å²) in [5, 5.41) is 19.8. The summed E-state index contributed by atoms with van der Waals surface area (Å²) in [4.78, 5) is 38.8. The Morgan fingerprint density at radius 1 is 1.45 bits per heavy atom. The number of β-amino-alcohol motifs (C(OH)–C–C–N with tert-alkyl or cyclic N) is 1. The fraction of sp³-hybridized carbons (Fsp3) is 0.533. The minimum Gasteiger partial charge on any atom is -0.481 e. The molecule has 2 heterocycles. The first-order chi connectivity index (χ1) is 10.4. The number of pyridine rings is 1. The lowest BCUT2D eigenvalue weighted by molar-refractivity contribution is -0.162. The number of aromatic amines is 1. The third-order valence-electron chi connectivity index (χ3n) is 4.30. The van der Waals surface area contributed by atoms with Crippen molar-refractivity contribution in [2.75, 3.05) is 13.1 Å². The summed E-state index contributed by atoms with van der Waals surface area (Å²) in [7, 11) is 0. The van der Waals surface area contributed by atoms with E-state index in [1.807, 2.05) is 6.92 Å². The number of rotatable bonds is 4. The molecule has 0 aromatic carbocycles. The molecule has 0 spiro atoms. The third-order valence-corrected chi connectivity index (χ3v) is 4.30. The first-order valence-corrected chi connectivity index (χ1v) is 7.30. The number of nitrogens with one attached hydrogen (secondary N) is 1. The van der Waals surface area contributed by atoms with Crippen LogP contribution in [0.2, 0.25) is 0 Å². The van der Waals surface area contributed by atoms with E-state index in [2.05, 4.69) is 4.98 Å². The maximum absolute atomic E-state index is 12.3. The number of carboxylic acids is 1. The zero-order chi connectivity index (χ0) is 16.3. The molecule has 1 aliphatic heterocycles. The summed E-state index contributed by atoms with van der Waals surface area (Å²) in [5.41, 5.74) is -1.18. The molecule has 0 bridgehead atoms. The van der Waals surface area contributed by atoms with Crippen molar-refractivity contribution in [2.45, 2.75) is 32.3 Å². The fourth-order valence-corrected chi connectivity index (χ4v) is 2.98. The summed E-state index contributed by atoms with van der Waals surface area (Å²) in [6, 6.07) is 2.67. The van der Waals surface area contributed by atoms with Gasteiger partial charge in [-0.15, -0.1) is 0 Å². The molecule has 1 aromatic rings. The van der Waals surface area contributed by atoms with Crippen LogP contribution in [0.3, 0.4) is 0 Å². The number of carboxylic acid groups (broad SMARTS) is 1. The van der Waals surface area contributed by atoms with Crippen molar-refractivity contribution in [3.05, 3.63) is 34.2 Å². The molecular weight excluding hydrogens is 288 g/mol. The van der Waals surface area contributed by atoms with Crippen LogP contribution >= 0.6 is 0 Å². The molecule has 0 saturated carbocycles. The average Bonchev–Trinajstić information content (AvgIpc) is 2.49. The van der Waals surface area contributed by atoms with Crippen molar-refractivity contribution in [1.29, 1.82) is 0 Å². The number of carbonyl (C=O) groups is 2. The number of piperidine rings is 1. The lowest BCUT2D eigenvalue weighted by Crippen LogP contribution is -2.56. The fourth-order valence-electron chi connectivity index (χ4n) is 2.98. The predicted octanol–water partition coefficient (Wildman–Crippen LogP) is 0.453. The molecule has 0 unspecified atom stereocenters. The van der Waals surface area contributed by atoms with E-state index in [1.54, 1.807) is 0 Å². The van der Waals surface area contributed by atoms with Gasteiger partial charge in [0.2, 0.25) is 5.56 Å². The van der Waals surface area contributed by atoms with Gasteiger partial charge in [-0.3, -0.25) is 14.4 Å². The van der Waals surface area contributed by atoms with Gasteiger partial charge in [0.25, 0.3) is 5.91 Å². The molecule has 1 aliphatic rings. The molecule has 0 radical (unpaired) electrons. The van der Waals surface area contributed by atoms with Gasteiger partial charge in [-0.05, 0) is 18.9 Å². The van der Waals surface area contributed by atoms with Crippen molar-refractivity contribution < 1.29 is 19.8 Å². The van der Waals surface area contributed by atoms with Gasteiger partial charge in [0.15, 0.2) is 0 Å². The van der Waals surface area contributed by atoms with Crippen molar-refractivity contribution in [1.82, 2.24) is 9.88 Å². The monoisotopic (exact) mass is 308 g/mol. The second-order valence-corrected chi connectivity index (χ2v) is 5.67. The molecule has 3 N–H and O–H groups in total. The Hall–Kier alpha value is -2.15. The molecule has 120 valence electrons. The summed E-state index contributed by atoms with van der Waals surface area (Å²) >= 11 is 0. The lowest BCUT2D eigenvalue weighted by atomic mass is 9.72. The Bertz CT molecular complexity index is 606. The molecule has 22 heavy (non-hydrogen) atoms. The number of H-pyrrole nitrogens is 1. The maximum Gasteiger partial charge on any atom is 0.312 e.